The maximum atomic E-state index is 13.1. The largest absolute Gasteiger partial charge is 0.299 e. The van der Waals surface area contributed by atoms with Crippen LogP contribution in [-0.4, -0.2) is 40.0 Å². The number of allylic oxidation sites excluding steroid dienone is 1. The van der Waals surface area contributed by atoms with E-state index in [1.165, 1.54) is 4.31 Å². The minimum Gasteiger partial charge on any atom is -0.299 e. The van der Waals surface area contributed by atoms with Crippen LogP contribution in [-0.2, 0) is 14.8 Å². The molecule has 8 heteroatoms. The van der Waals surface area contributed by atoms with E-state index in [2.05, 4.69) is 10.3 Å². The van der Waals surface area contributed by atoms with Gasteiger partial charge in [-0.15, -0.1) is 5.10 Å². The summed E-state index contributed by atoms with van der Waals surface area (Å²) < 4.78 is 29.1. The van der Waals surface area contributed by atoms with Crippen LogP contribution in [0.1, 0.15) is 44.0 Å². The van der Waals surface area contributed by atoms with Crippen LogP contribution >= 0.6 is 0 Å². The van der Waals surface area contributed by atoms with E-state index in [0.29, 0.717) is 11.4 Å². The number of aromatic nitrogens is 3. The fourth-order valence-electron chi connectivity index (χ4n) is 2.76. The van der Waals surface area contributed by atoms with Crippen LogP contribution in [0.15, 0.2) is 41.1 Å². The van der Waals surface area contributed by atoms with Crippen LogP contribution in [0.25, 0.3) is 6.08 Å². The van der Waals surface area contributed by atoms with E-state index in [-0.39, 0.29) is 36.1 Å². The smallest absolute Gasteiger partial charge is 0.264 e. The molecule has 1 fully saturated rings. The van der Waals surface area contributed by atoms with Gasteiger partial charge in [0.05, 0.1) is 11.1 Å². The molecule has 0 N–H and O–H groups in total. The predicted octanol–water partition coefficient (Wildman–Crippen LogP) is 2.56. The van der Waals surface area contributed by atoms with Gasteiger partial charge in [0.1, 0.15) is 11.5 Å². The Balaban J connectivity index is 1.98. The second-order valence-corrected chi connectivity index (χ2v) is 8.57. The lowest BCUT2D eigenvalue weighted by molar-refractivity contribution is -0.119. The van der Waals surface area contributed by atoms with E-state index in [4.69, 9.17) is 0 Å². The van der Waals surface area contributed by atoms with Crippen LogP contribution < -0.4 is 0 Å². The van der Waals surface area contributed by atoms with Gasteiger partial charge in [-0.2, -0.15) is 0 Å². The zero-order valence-electron chi connectivity index (χ0n) is 15.1. The number of aryl methyl sites for hydroxylation is 1. The summed E-state index contributed by atoms with van der Waals surface area (Å²) in [5.41, 5.74) is 1.95. The molecule has 0 spiro atoms. The quantitative estimate of drug-likeness (QED) is 0.821. The first-order valence-electron chi connectivity index (χ1n) is 8.51. The summed E-state index contributed by atoms with van der Waals surface area (Å²) in [7, 11) is -3.72. The zero-order chi connectivity index (χ0) is 18.9. The van der Waals surface area contributed by atoms with Crippen molar-refractivity contribution in [2.24, 2.45) is 0 Å². The minimum atomic E-state index is -3.72. The highest BCUT2D eigenvalue weighted by molar-refractivity contribution is 7.89. The normalized spacial score (nSPS) is 17.3. The molecule has 1 aliphatic heterocycles. The van der Waals surface area contributed by atoms with E-state index in [0.717, 1.165) is 5.56 Å². The van der Waals surface area contributed by atoms with Crippen molar-refractivity contribution in [3.63, 3.8) is 0 Å². The molecule has 0 unspecified atom stereocenters. The molecular formula is C18H22N4O3S. The molecule has 1 aliphatic rings. The lowest BCUT2D eigenvalue weighted by Crippen LogP contribution is -2.37. The fourth-order valence-corrected chi connectivity index (χ4v) is 4.26. The summed E-state index contributed by atoms with van der Waals surface area (Å²) in [5.74, 6) is 0.0165. The third-order valence-corrected chi connectivity index (χ3v) is 6.14. The molecule has 7 nitrogen and oxygen atoms in total. The summed E-state index contributed by atoms with van der Waals surface area (Å²) in [5, 5.41) is 8.09. The molecule has 0 radical (unpaired) electrons. The number of sulfonamides is 1. The van der Waals surface area contributed by atoms with E-state index in [9.17, 15) is 13.2 Å². The number of ketones is 1. The molecule has 1 saturated heterocycles. The molecule has 1 aromatic carbocycles. The van der Waals surface area contributed by atoms with E-state index >= 15 is 0 Å². The standard InChI is InChI=1S/C18H22N4O3S/c1-13(2)21-12-15(19-20-21)10-16-11-17(23)8-9-22(16)26(24,25)18-6-4-14(3)5-7-18/h4-7,10,12-13H,8-9,11H2,1-3H3. The van der Waals surface area contributed by atoms with Crippen LogP contribution in [0.5, 0.6) is 0 Å². The van der Waals surface area contributed by atoms with Crippen LogP contribution in [0, 0.1) is 6.92 Å². The van der Waals surface area contributed by atoms with Gasteiger partial charge in [-0.1, -0.05) is 22.9 Å². The summed E-state index contributed by atoms with van der Waals surface area (Å²) in [6.07, 6.45) is 3.66. The van der Waals surface area contributed by atoms with Gasteiger partial charge in [0, 0.05) is 31.1 Å². The fraction of sp³-hybridized carbons (Fsp3) is 0.389. The van der Waals surface area contributed by atoms with Gasteiger partial charge in [0.2, 0.25) is 0 Å². The Morgan fingerprint density at radius 3 is 2.50 bits per heavy atom. The van der Waals surface area contributed by atoms with Crippen molar-refractivity contribution in [2.45, 2.75) is 44.6 Å². The Morgan fingerprint density at radius 1 is 1.19 bits per heavy atom. The zero-order valence-corrected chi connectivity index (χ0v) is 15.9. The highest BCUT2D eigenvalue weighted by Gasteiger charge is 2.31. The average Bonchev–Trinajstić information content (AvgIpc) is 3.04. The highest BCUT2D eigenvalue weighted by Crippen LogP contribution is 2.28. The minimum absolute atomic E-state index is 0.0165. The number of benzene rings is 1. The van der Waals surface area contributed by atoms with Gasteiger partial charge in [0.15, 0.2) is 0 Å². The van der Waals surface area contributed by atoms with Crippen molar-refractivity contribution in [3.05, 3.63) is 47.4 Å². The molecule has 26 heavy (non-hydrogen) atoms. The topological polar surface area (TPSA) is 85.2 Å². The Labute approximate surface area is 153 Å². The monoisotopic (exact) mass is 374 g/mol. The summed E-state index contributed by atoms with van der Waals surface area (Å²) >= 11 is 0. The Morgan fingerprint density at radius 2 is 1.88 bits per heavy atom. The second kappa shape index (κ2) is 7.03. The van der Waals surface area contributed by atoms with Gasteiger partial charge in [-0.05, 0) is 39.0 Å². The van der Waals surface area contributed by atoms with E-state index < -0.39 is 10.0 Å². The third kappa shape index (κ3) is 3.70. The van der Waals surface area contributed by atoms with Crippen LogP contribution in [0.4, 0.5) is 0 Å². The number of rotatable bonds is 4. The lowest BCUT2D eigenvalue weighted by atomic mass is 10.1. The number of carbonyl (C=O) groups is 1. The van der Waals surface area contributed by atoms with Gasteiger partial charge in [-0.25, -0.2) is 13.1 Å². The van der Waals surface area contributed by atoms with Crippen molar-refractivity contribution in [1.29, 1.82) is 0 Å². The molecular weight excluding hydrogens is 352 g/mol. The number of carbonyl (C=O) groups excluding carboxylic acids is 1. The maximum Gasteiger partial charge on any atom is 0.264 e. The molecule has 2 aromatic rings. The summed E-state index contributed by atoms with van der Waals surface area (Å²) in [6.45, 7) is 5.99. The summed E-state index contributed by atoms with van der Waals surface area (Å²) in [4.78, 5) is 12.1. The van der Waals surface area contributed by atoms with Crippen LogP contribution in [0.2, 0.25) is 0 Å². The molecule has 3 rings (SSSR count). The molecule has 0 aliphatic carbocycles. The van der Waals surface area contributed by atoms with Crippen molar-refractivity contribution in [2.75, 3.05) is 6.54 Å². The van der Waals surface area contributed by atoms with Crippen molar-refractivity contribution >= 4 is 21.9 Å². The SMILES string of the molecule is Cc1ccc(S(=O)(=O)N2CCC(=O)CC2=Cc2cn(C(C)C)nn2)cc1. The highest BCUT2D eigenvalue weighted by atomic mass is 32.2. The molecule has 0 atom stereocenters. The number of Topliss-reactive ketones (excluding diaryl/α,β-unsaturated/α-hetero) is 1. The first-order valence-corrected chi connectivity index (χ1v) is 9.95. The van der Waals surface area contributed by atoms with E-state index in [1.807, 2.05) is 20.8 Å². The first-order chi connectivity index (χ1) is 12.3. The Bertz CT molecular complexity index is 943. The van der Waals surface area contributed by atoms with Crippen LogP contribution in [0.3, 0.4) is 0 Å². The average molecular weight is 374 g/mol. The Kier molecular flexibility index (Phi) is 4.95. The molecule has 0 saturated carbocycles. The van der Waals surface area contributed by atoms with Gasteiger partial charge in [0.25, 0.3) is 10.0 Å². The molecule has 2 heterocycles. The van der Waals surface area contributed by atoms with Crippen molar-refractivity contribution in [1.82, 2.24) is 19.3 Å². The van der Waals surface area contributed by atoms with E-state index in [1.54, 1.807) is 41.2 Å². The Hall–Kier alpha value is -2.48. The number of nitrogens with zero attached hydrogens (tertiary/aromatic N) is 4. The molecule has 138 valence electrons. The predicted molar refractivity (Wildman–Crippen MR) is 97.7 cm³/mol. The van der Waals surface area contributed by atoms with Gasteiger partial charge < -0.3 is 0 Å². The molecule has 0 amide bonds. The number of hydrogen-bond acceptors (Lipinski definition) is 5. The third-order valence-electron chi connectivity index (χ3n) is 4.27. The second-order valence-electron chi connectivity index (χ2n) is 6.71. The maximum absolute atomic E-state index is 13.1. The van der Waals surface area contributed by atoms with Crippen molar-refractivity contribution < 1.29 is 13.2 Å². The summed E-state index contributed by atoms with van der Waals surface area (Å²) in [6, 6.07) is 6.86. The van der Waals surface area contributed by atoms with Gasteiger partial charge >= 0.3 is 0 Å². The van der Waals surface area contributed by atoms with Crippen molar-refractivity contribution in [3.8, 4) is 0 Å². The molecule has 0 bridgehead atoms. The number of piperidine rings is 1. The van der Waals surface area contributed by atoms with Gasteiger partial charge in [-0.3, -0.25) is 9.10 Å². The lowest BCUT2D eigenvalue weighted by Gasteiger charge is -2.30. The first kappa shape index (κ1) is 18.3. The number of hydrogen-bond donors (Lipinski definition) is 0. The molecule has 1 aromatic heterocycles.